The Balaban J connectivity index is 0.000000255. The molecule has 80 valence electrons. The highest BCUT2D eigenvalue weighted by molar-refractivity contribution is 5.23. The van der Waals surface area contributed by atoms with Gasteiger partial charge in [-0.3, -0.25) is 0 Å². The second-order valence-electron chi connectivity index (χ2n) is 3.33. The standard InChI is InChI=1S/C8H10.C4H10O2/c1-7-5-3-4-6-8(7)2;1-2-4(6)3-5/h3-6H,1-2H3;4-6H,2-3H2,1H3. The van der Waals surface area contributed by atoms with Gasteiger partial charge in [0.15, 0.2) is 0 Å². The van der Waals surface area contributed by atoms with Crippen LogP contribution in [0, 0.1) is 13.8 Å². The third kappa shape index (κ3) is 5.73. The van der Waals surface area contributed by atoms with Crippen molar-refractivity contribution >= 4 is 0 Å². The summed E-state index contributed by atoms with van der Waals surface area (Å²) in [6.45, 7) is 5.95. The largest absolute Gasteiger partial charge is 0.394 e. The fourth-order valence-corrected chi connectivity index (χ4v) is 0.792. The Hall–Kier alpha value is -0.860. The van der Waals surface area contributed by atoms with E-state index >= 15 is 0 Å². The lowest BCUT2D eigenvalue weighted by atomic mass is 10.1. The van der Waals surface area contributed by atoms with Gasteiger partial charge >= 0.3 is 0 Å². The molecule has 0 aliphatic heterocycles. The number of rotatable bonds is 2. The number of aryl methyl sites for hydroxylation is 2. The Kier molecular flexibility index (Phi) is 7.07. The fraction of sp³-hybridized carbons (Fsp3) is 0.500. The molecule has 1 unspecified atom stereocenters. The molecule has 0 amide bonds. The molecule has 0 spiro atoms. The van der Waals surface area contributed by atoms with E-state index in [2.05, 4.69) is 38.1 Å². The summed E-state index contributed by atoms with van der Waals surface area (Å²) >= 11 is 0. The molecule has 0 saturated carbocycles. The molecule has 1 rings (SSSR count). The molecular formula is C12H20O2. The minimum absolute atomic E-state index is 0.115. The summed E-state index contributed by atoms with van der Waals surface area (Å²) in [5.41, 5.74) is 2.74. The zero-order chi connectivity index (χ0) is 11.0. The first kappa shape index (κ1) is 13.1. The molecule has 2 nitrogen and oxygen atoms in total. The van der Waals surface area contributed by atoms with Gasteiger partial charge in [-0.15, -0.1) is 0 Å². The Morgan fingerprint density at radius 2 is 1.57 bits per heavy atom. The second-order valence-corrected chi connectivity index (χ2v) is 3.33. The number of aliphatic hydroxyl groups excluding tert-OH is 2. The van der Waals surface area contributed by atoms with Crippen molar-refractivity contribution in [2.75, 3.05) is 6.61 Å². The average Bonchev–Trinajstić information content (AvgIpc) is 2.22. The highest BCUT2D eigenvalue weighted by atomic mass is 16.3. The summed E-state index contributed by atoms with van der Waals surface area (Å²) < 4.78 is 0. The van der Waals surface area contributed by atoms with Crippen molar-refractivity contribution in [1.29, 1.82) is 0 Å². The van der Waals surface area contributed by atoms with E-state index in [1.54, 1.807) is 0 Å². The van der Waals surface area contributed by atoms with Crippen LogP contribution >= 0.6 is 0 Å². The minimum Gasteiger partial charge on any atom is -0.394 e. The molecule has 2 heteroatoms. The molecule has 0 radical (unpaired) electrons. The van der Waals surface area contributed by atoms with Crippen LogP contribution in [0.4, 0.5) is 0 Å². The van der Waals surface area contributed by atoms with Crippen LogP contribution in [0.1, 0.15) is 24.5 Å². The first-order valence-electron chi connectivity index (χ1n) is 4.93. The molecule has 0 heterocycles. The summed E-state index contributed by atoms with van der Waals surface area (Å²) in [4.78, 5) is 0. The molecule has 0 fully saturated rings. The molecule has 14 heavy (non-hydrogen) atoms. The predicted molar refractivity (Wildman–Crippen MR) is 59.3 cm³/mol. The van der Waals surface area contributed by atoms with Gasteiger partial charge in [0.05, 0.1) is 12.7 Å². The van der Waals surface area contributed by atoms with Gasteiger partial charge in [-0.05, 0) is 31.4 Å². The van der Waals surface area contributed by atoms with Crippen LogP contribution < -0.4 is 0 Å². The van der Waals surface area contributed by atoms with Crippen LogP contribution in [0.5, 0.6) is 0 Å². The van der Waals surface area contributed by atoms with Crippen molar-refractivity contribution in [3.63, 3.8) is 0 Å². The normalized spacial score (nSPS) is 11.5. The van der Waals surface area contributed by atoms with Gasteiger partial charge < -0.3 is 10.2 Å². The number of hydrogen-bond donors (Lipinski definition) is 2. The summed E-state index contributed by atoms with van der Waals surface area (Å²) in [7, 11) is 0. The van der Waals surface area contributed by atoms with Crippen LogP contribution in [-0.2, 0) is 0 Å². The maximum atomic E-state index is 8.42. The van der Waals surface area contributed by atoms with Gasteiger partial charge in [-0.2, -0.15) is 0 Å². The lowest BCUT2D eigenvalue weighted by molar-refractivity contribution is 0.0923. The van der Waals surface area contributed by atoms with Crippen molar-refractivity contribution in [3.05, 3.63) is 35.4 Å². The topological polar surface area (TPSA) is 40.5 Å². The Bertz CT molecular complexity index is 221. The third-order valence-corrected chi connectivity index (χ3v) is 2.11. The SMILES string of the molecule is CCC(O)CO.Cc1ccccc1C. The van der Waals surface area contributed by atoms with E-state index in [0.29, 0.717) is 6.42 Å². The maximum absolute atomic E-state index is 8.42. The molecule has 0 aliphatic rings. The molecule has 1 atom stereocenters. The molecule has 1 aromatic carbocycles. The number of benzene rings is 1. The summed E-state index contributed by atoms with van der Waals surface area (Å²) in [6.07, 6.45) is 0.126. The van der Waals surface area contributed by atoms with Crippen LogP contribution in [0.15, 0.2) is 24.3 Å². The summed E-state index contributed by atoms with van der Waals surface area (Å²) in [5, 5.41) is 16.5. The van der Waals surface area contributed by atoms with Gasteiger partial charge in [-0.25, -0.2) is 0 Å². The molecule has 0 saturated heterocycles. The first-order valence-corrected chi connectivity index (χ1v) is 4.93. The maximum Gasteiger partial charge on any atom is 0.0768 e. The summed E-state index contributed by atoms with van der Waals surface area (Å²) in [6, 6.07) is 8.36. The van der Waals surface area contributed by atoms with Crippen molar-refractivity contribution in [2.45, 2.75) is 33.3 Å². The van der Waals surface area contributed by atoms with Gasteiger partial charge in [-0.1, -0.05) is 31.2 Å². The zero-order valence-electron chi connectivity index (χ0n) is 9.20. The molecule has 0 aromatic heterocycles. The van der Waals surface area contributed by atoms with Crippen molar-refractivity contribution in [3.8, 4) is 0 Å². The number of aliphatic hydroxyl groups is 2. The highest BCUT2D eigenvalue weighted by Crippen LogP contribution is 2.02. The van der Waals surface area contributed by atoms with E-state index < -0.39 is 6.10 Å². The molecule has 2 N–H and O–H groups in total. The number of hydrogen-bond acceptors (Lipinski definition) is 2. The first-order chi connectivity index (χ1) is 6.61. The van der Waals surface area contributed by atoms with E-state index in [0.717, 1.165) is 0 Å². The van der Waals surface area contributed by atoms with Gasteiger partial charge in [0.2, 0.25) is 0 Å². The average molecular weight is 196 g/mol. The smallest absolute Gasteiger partial charge is 0.0768 e. The molecular weight excluding hydrogens is 176 g/mol. The van der Waals surface area contributed by atoms with E-state index in [-0.39, 0.29) is 6.61 Å². The molecule has 0 bridgehead atoms. The minimum atomic E-state index is -0.509. The predicted octanol–water partition coefficient (Wildman–Crippen LogP) is 2.05. The fourth-order valence-electron chi connectivity index (χ4n) is 0.792. The van der Waals surface area contributed by atoms with E-state index in [4.69, 9.17) is 10.2 Å². The summed E-state index contributed by atoms with van der Waals surface area (Å²) in [5.74, 6) is 0. The molecule has 1 aromatic rings. The highest BCUT2D eigenvalue weighted by Gasteiger charge is 1.92. The van der Waals surface area contributed by atoms with Crippen molar-refractivity contribution in [1.82, 2.24) is 0 Å². The Labute approximate surface area is 86.2 Å². The van der Waals surface area contributed by atoms with Gasteiger partial charge in [0.1, 0.15) is 0 Å². The Morgan fingerprint density at radius 1 is 1.14 bits per heavy atom. The van der Waals surface area contributed by atoms with Crippen LogP contribution in [0.3, 0.4) is 0 Å². The van der Waals surface area contributed by atoms with E-state index in [1.165, 1.54) is 11.1 Å². The van der Waals surface area contributed by atoms with E-state index in [1.807, 2.05) is 6.92 Å². The zero-order valence-corrected chi connectivity index (χ0v) is 9.20. The van der Waals surface area contributed by atoms with Gasteiger partial charge in [0, 0.05) is 0 Å². The second kappa shape index (κ2) is 7.54. The lowest BCUT2D eigenvalue weighted by Gasteiger charge is -1.97. The van der Waals surface area contributed by atoms with E-state index in [9.17, 15) is 0 Å². The Morgan fingerprint density at radius 3 is 1.71 bits per heavy atom. The van der Waals surface area contributed by atoms with Crippen LogP contribution in [-0.4, -0.2) is 22.9 Å². The monoisotopic (exact) mass is 196 g/mol. The van der Waals surface area contributed by atoms with Crippen molar-refractivity contribution in [2.24, 2.45) is 0 Å². The third-order valence-electron chi connectivity index (χ3n) is 2.11. The van der Waals surface area contributed by atoms with Gasteiger partial charge in [0.25, 0.3) is 0 Å². The molecule has 0 aliphatic carbocycles. The van der Waals surface area contributed by atoms with Crippen LogP contribution in [0.25, 0.3) is 0 Å². The van der Waals surface area contributed by atoms with Crippen LogP contribution in [0.2, 0.25) is 0 Å². The quantitative estimate of drug-likeness (QED) is 0.760. The lowest BCUT2D eigenvalue weighted by Crippen LogP contribution is -2.08. The van der Waals surface area contributed by atoms with Crippen molar-refractivity contribution < 1.29 is 10.2 Å².